The Balaban J connectivity index is 2.01. The summed E-state index contributed by atoms with van der Waals surface area (Å²) in [4.78, 5) is 14.7. The first kappa shape index (κ1) is 14.0. The minimum absolute atomic E-state index is 0.0589. The highest BCUT2D eigenvalue weighted by Gasteiger charge is 2.12. The molecule has 0 amide bonds. The van der Waals surface area contributed by atoms with Crippen LogP contribution in [-0.4, -0.2) is 29.0 Å². The van der Waals surface area contributed by atoms with Gasteiger partial charge < -0.3 is 10.2 Å². The summed E-state index contributed by atoms with van der Waals surface area (Å²) >= 11 is 7.26. The van der Waals surface area contributed by atoms with E-state index in [0.29, 0.717) is 17.2 Å². The van der Waals surface area contributed by atoms with Gasteiger partial charge in [0.25, 0.3) is 0 Å². The van der Waals surface area contributed by atoms with E-state index in [1.54, 1.807) is 6.07 Å². The third-order valence-electron chi connectivity index (χ3n) is 2.74. The molecule has 2 heterocycles. The number of rotatable bonds is 3. The summed E-state index contributed by atoms with van der Waals surface area (Å²) in [5.41, 5.74) is 1.27. The van der Waals surface area contributed by atoms with Crippen LogP contribution in [0.15, 0.2) is 24.5 Å². The number of hydrogen-bond donors (Lipinski definition) is 1. The van der Waals surface area contributed by atoms with Gasteiger partial charge >= 0.3 is 0 Å². The fraction of sp³-hybridized carbons (Fsp3) is 0.154. The predicted molar refractivity (Wildman–Crippen MR) is 84.2 cm³/mol. The maximum Gasteiger partial charge on any atom is 0.187 e. The van der Waals surface area contributed by atoms with Crippen molar-refractivity contribution in [3.8, 4) is 0 Å². The Labute approximate surface area is 129 Å². The summed E-state index contributed by atoms with van der Waals surface area (Å²) in [6.07, 6.45) is 1.44. The Kier molecular flexibility index (Phi) is 3.60. The van der Waals surface area contributed by atoms with Crippen LogP contribution in [0.4, 0.5) is 21.0 Å². The molecular weight excluding hydrogens is 313 g/mol. The van der Waals surface area contributed by atoms with Crippen LogP contribution in [0.5, 0.6) is 0 Å². The highest BCUT2D eigenvalue weighted by atomic mass is 35.5. The molecule has 108 valence electrons. The van der Waals surface area contributed by atoms with E-state index in [9.17, 15) is 4.39 Å². The summed E-state index contributed by atoms with van der Waals surface area (Å²) < 4.78 is 14.0. The van der Waals surface area contributed by atoms with Gasteiger partial charge in [-0.25, -0.2) is 14.4 Å². The van der Waals surface area contributed by atoms with Gasteiger partial charge in [0, 0.05) is 19.8 Å². The molecule has 0 aliphatic rings. The number of fused-ring (bicyclic) bond motifs is 1. The number of nitrogens with one attached hydrogen (secondary N) is 1. The van der Waals surface area contributed by atoms with E-state index in [0.717, 1.165) is 9.83 Å². The van der Waals surface area contributed by atoms with Gasteiger partial charge in [-0.2, -0.15) is 4.98 Å². The molecule has 0 spiro atoms. The summed E-state index contributed by atoms with van der Waals surface area (Å²) in [7, 11) is 3.83. The van der Waals surface area contributed by atoms with Crippen LogP contribution in [0.1, 0.15) is 0 Å². The lowest BCUT2D eigenvalue weighted by Gasteiger charge is -2.06. The van der Waals surface area contributed by atoms with Crippen molar-refractivity contribution in [3.63, 3.8) is 0 Å². The normalized spacial score (nSPS) is 10.9. The van der Waals surface area contributed by atoms with Gasteiger partial charge in [-0.1, -0.05) is 22.9 Å². The molecule has 1 aromatic carbocycles. The molecule has 0 saturated heterocycles. The zero-order valence-corrected chi connectivity index (χ0v) is 12.8. The minimum atomic E-state index is -0.456. The number of halogens is 2. The van der Waals surface area contributed by atoms with Gasteiger partial charge in [0.05, 0.1) is 5.02 Å². The molecule has 21 heavy (non-hydrogen) atoms. The van der Waals surface area contributed by atoms with Crippen molar-refractivity contribution in [1.29, 1.82) is 0 Å². The van der Waals surface area contributed by atoms with E-state index >= 15 is 0 Å². The number of nitrogens with zero attached hydrogens (tertiary/aromatic N) is 4. The molecule has 0 bridgehead atoms. The lowest BCUT2D eigenvalue weighted by molar-refractivity contribution is 0.628. The van der Waals surface area contributed by atoms with Crippen molar-refractivity contribution in [2.24, 2.45) is 0 Å². The largest absolute Gasteiger partial charge is 0.354 e. The zero-order chi connectivity index (χ0) is 15.0. The van der Waals surface area contributed by atoms with Crippen LogP contribution in [0.25, 0.3) is 10.3 Å². The molecule has 0 aliphatic carbocycles. The zero-order valence-electron chi connectivity index (χ0n) is 11.3. The Morgan fingerprint density at radius 1 is 1.29 bits per heavy atom. The number of aromatic nitrogens is 3. The standard InChI is InChI=1S/C13H11ClFN5S/c1-20(2)13-19-12-10(21-13)11(16-6-17-12)18-7-3-4-9(15)8(14)5-7/h3-6H,1-2H3,(H,16,17,18). The fourth-order valence-corrected chi connectivity index (χ4v) is 2.80. The monoisotopic (exact) mass is 323 g/mol. The average Bonchev–Trinajstić information content (AvgIpc) is 2.88. The molecular formula is C13H11ClFN5S. The molecule has 0 atom stereocenters. The van der Waals surface area contributed by atoms with E-state index in [1.165, 1.54) is 29.8 Å². The van der Waals surface area contributed by atoms with Gasteiger partial charge in [-0.15, -0.1) is 0 Å². The predicted octanol–water partition coefficient (Wildman–Crippen LogP) is 3.69. The lowest BCUT2D eigenvalue weighted by atomic mass is 10.3. The Bertz CT molecular complexity index is 804. The average molecular weight is 324 g/mol. The summed E-state index contributed by atoms with van der Waals surface area (Å²) in [5, 5.41) is 4.01. The van der Waals surface area contributed by atoms with E-state index in [4.69, 9.17) is 11.6 Å². The van der Waals surface area contributed by atoms with E-state index in [-0.39, 0.29) is 5.02 Å². The van der Waals surface area contributed by atoms with Gasteiger partial charge in [0.1, 0.15) is 16.8 Å². The van der Waals surface area contributed by atoms with Gasteiger partial charge in [-0.05, 0) is 18.2 Å². The SMILES string of the molecule is CN(C)c1nc2ncnc(Nc3ccc(F)c(Cl)c3)c2s1. The summed E-state index contributed by atoms with van der Waals surface area (Å²) in [6.45, 7) is 0. The molecule has 3 rings (SSSR count). The van der Waals surface area contributed by atoms with Crippen molar-refractivity contribution in [2.45, 2.75) is 0 Å². The van der Waals surface area contributed by atoms with Gasteiger partial charge in [-0.3, -0.25) is 0 Å². The van der Waals surface area contributed by atoms with Crippen LogP contribution >= 0.6 is 22.9 Å². The van der Waals surface area contributed by atoms with Crippen molar-refractivity contribution in [3.05, 3.63) is 35.4 Å². The molecule has 3 aromatic rings. The van der Waals surface area contributed by atoms with Crippen molar-refractivity contribution in [2.75, 3.05) is 24.3 Å². The third kappa shape index (κ3) is 2.74. The second-order valence-electron chi connectivity index (χ2n) is 4.52. The maximum atomic E-state index is 13.2. The molecule has 5 nitrogen and oxygen atoms in total. The summed E-state index contributed by atoms with van der Waals surface area (Å²) in [6, 6.07) is 4.42. The second-order valence-corrected chi connectivity index (χ2v) is 5.90. The number of hydrogen-bond acceptors (Lipinski definition) is 6. The number of thiazole rings is 1. The van der Waals surface area contributed by atoms with E-state index in [2.05, 4.69) is 20.3 Å². The molecule has 8 heteroatoms. The van der Waals surface area contributed by atoms with Crippen molar-refractivity contribution in [1.82, 2.24) is 15.0 Å². The minimum Gasteiger partial charge on any atom is -0.354 e. The number of anilines is 3. The highest BCUT2D eigenvalue weighted by molar-refractivity contribution is 7.22. The topological polar surface area (TPSA) is 53.9 Å². The lowest BCUT2D eigenvalue weighted by Crippen LogP contribution is -2.07. The smallest absolute Gasteiger partial charge is 0.187 e. The first-order valence-corrected chi connectivity index (χ1v) is 7.25. The van der Waals surface area contributed by atoms with Crippen molar-refractivity contribution >= 4 is 49.9 Å². The van der Waals surface area contributed by atoms with Crippen molar-refractivity contribution < 1.29 is 4.39 Å². The summed E-state index contributed by atoms with van der Waals surface area (Å²) in [5.74, 6) is 0.163. The van der Waals surface area contributed by atoms with Crippen LogP contribution in [0, 0.1) is 5.82 Å². The third-order valence-corrected chi connectivity index (χ3v) is 4.25. The molecule has 1 N–H and O–H groups in total. The Morgan fingerprint density at radius 2 is 2.10 bits per heavy atom. The molecule has 0 radical (unpaired) electrons. The van der Waals surface area contributed by atoms with Crippen LogP contribution in [0.2, 0.25) is 5.02 Å². The van der Waals surface area contributed by atoms with E-state index < -0.39 is 5.82 Å². The second kappa shape index (κ2) is 5.42. The van der Waals surface area contributed by atoms with Crippen LogP contribution in [-0.2, 0) is 0 Å². The maximum absolute atomic E-state index is 13.2. The molecule has 0 unspecified atom stereocenters. The molecule has 0 fully saturated rings. The van der Waals surface area contributed by atoms with Crippen LogP contribution in [0.3, 0.4) is 0 Å². The Morgan fingerprint density at radius 3 is 2.81 bits per heavy atom. The first-order chi connectivity index (χ1) is 10.0. The fourth-order valence-electron chi connectivity index (χ4n) is 1.73. The van der Waals surface area contributed by atoms with Crippen LogP contribution < -0.4 is 10.2 Å². The van der Waals surface area contributed by atoms with E-state index in [1.807, 2.05) is 19.0 Å². The van der Waals surface area contributed by atoms with Gasteiger partial charge in [0.15, 0.2) is 16.6 Å². The van der Waals surface area contributed by atoms with Gasteiger partial charge in [0.2, 0.25) is 0 Å². The number of benzene rings is 1. The highest BCUT2D eigenvalue weighted by Crippen LogP contribution is 2.32. The molecule has 0 saturated carbocycles. The quantitative estimate of drug-likeness (QED) is 0.796. The molecule has 2 aromatic heterocycles. The Hall–Kier alpha value is -1.99. The molecule has 0 aliphatic heterocycles. The first-order valence-electron chi connectivity index (χ1n) is 6.05.